The van der Waals surface area contributed by atoms with Gasteiger partial charge in [0.25, 0.3) is 0 Å². The summed E-state index contributed by atoms with van der Waals surface area (Å²) in [7, 11) is 1.30. The van der Waals surface area contributed by atoms with Crippen LogP contribution >= 0.6 is 23.2 Å². The minimum atomic E-state index is -1.12. The summed E-state index contributed by atoms with van der Waals surface area (Å²) < 4.78 is 4.66. The van der Waals surface area contributed by atoms with Gasteiger partial charge >= 0.3 is 5.97 Å². The van der Waals surface area contributed by atoms with Gasteiger partial charge in [0.15, 0.2) is 0 Å². The van der Waals surface area contributed by atoms with Crippen molar-refractivity contribution in [2.75, 3.05) is 7.11 Å². The molecule has 1 N–H and O–H groups in total. The first-order chi connectivity index (χ1) is 8.04. The number of rotatable bonds is 4. The maximum atomic E-state index is 10.6. The van der Waals surface area contributed by atoms with Gasteiger partial charge in [-0.3, -0.25) is 0 Å². The molecule has 0 bridgehead atoms. The lowest BCUT2D eigenvalue weighted by Gasteiger charge is -1.98. The Morgan fingerprint density at radius 2 is 2.06 bits per heavy atom. The molecule has 1 rings (SSSR count). The molecule has 0 saturated carbocycles. The average Bonchev–Trinajstić information content (AvgIpc) is 2.28. The monoisotopic (exact) mass is 272 g/mol. The second kappa shape index (κ2) is 6.33. The molecule has 17 heavy (non-hydrogen) atoms. The fourth-order valence-electron chi connectivity index (χ4n) is 1.09. The van der Waals surface area contributed by atoms with E-state index in [0.717, 1.165) is 5.56 Å². The first-order valence-electron chi connectivity index (χ1n) is 4.65. The van der Waals surface area contributed by atoms with Crippen LogP contribution in [0.15, 0.2) is 36.1 Å². The van der Waals surface area contributed by atoms with E-state index in [4.69, 9.17) is 28.3 Å². The Kier molecular flexibility index (Phi) is 5.07. The standard InChI is InChI=1S/C12H10Cl2O3/c1-17-11(12(15)16)4-2-3-8-5-6-9(13)10(14)7-8/h2-7H,1H3,(H,15,16). The van der Waals surface area contributed by atoms with Crippen molar-refractivity contribution >= 4 is 35.2 Å². The number of halogens is 2. The summed E-state index contributed by atoms with van der Waals surface area (Å²) in [5.74, 6) is -1.26. The predicted molar refractivity (Wildman–Crippen MR) is 68.2 cm³/mol. The van der Waals surface area contributed by atoms with Gasteiger partial charge in [0, 0.05) is 0 Å². The van der Waals surface area contributed by atoms with Gasteiger partial charge in [-0.05, 0) is 23.8 Å². The number of hydrogen-bond donors (Lipinski definition) is 1. The summed E-state index contributed by atoms with van der Waals surface area (Å²) in [6.07, 6.45) is 4.61. The average molecular weight is 273 g/mol. The SMILES string of the molecule is COC(=CC=Cc1ccc(Cl)c(Cl)c1)C(=O)O. The van der Waals surface area contributed by atoms with E-state index in [1.54, 1.807) is 30.4 Å². The highest BCUT2D eigenvalue weighted by Crippen LogP contribution is 2.23. The number of aliphatic carboxylic acids is 1. The lowest BCUT2D eigenvalue weighted by Crippen LogP contribution is -2.01. The largest absolute Gasteiger partial charge is 0.490 e. The van der Waals surface area contributed by atoms with Crippen molar-refractivity contribution in [3.8, 4) is 0 Å². The first-order valence-corrected chi connectivity index (χ1v) is 5.41. The van der Waals surface area contributed by atoms with Crippen LogP contribution < -0.4 is 0 Å². The summed E-state index contributed by atoms with van der Waals surface area (Å²) in [5.41, 5.74) is 0.816. The fourth-order valence-corrected chi connectivity index (χ4v) is 1.40. The van der Waals surface area contributed by atoms with Crippen molar-refractivity contribution < 1.29 is 14.6 Å². The quantitative estimate of drug-likeness (QED) is 0.517. The molecule has 3 nitrogen and oxygen atoms in total. The molecule has 0 aliphatic carbocycles. The highest BCUT2D eigenvalue weighted by molar-refractivity contribution is 6.42. The van der Waals surface area contributed by atoms with Crippen LogP contribution in [0.3, 0.4) is 0 Å². The van der Waals surface area contributed by atoms with E-state index in [-0.39, 0.29) is 5.76 Å². The minimum Gasteiger partial charge on any atom is -0.490 e. The van der Waals surface area contributed by atoms with Crippen LogP contribution in [0.5, 0.6) is 0 Å². The van der Waals surface area contributed by atoms with Crippen molar-refractivity contribution in [2.45, 2.75) is 0 Å². The number of hydrogen-bond acceptors (Lipinski definition) is 2. The normalized spacial score (nSPS) is 11.8. The minimum absolute atomic E-state index is 0.138. The zero-order valence-electron chi connectivity index (χ0n) is 8.98. The molecule has 0 atom stereocenters. The molecule has 0 radical (unpaired) electrons. The summed E-state index contributed by atoms with van der Waals surface area (Å²) in [6.45, 7) is 0. The van der Waals surface area contributed by atoms with Gasteiger partial charge in [-0.1, -0.05) is 41.4 Å². The van der Waals surface area contributed by atoms with E-state index in [0.29, 0.717) is 10.0 Å². The van der Waals surface area contributed by atoms with Gasteiger partial charge in [0.2, 0.25) is 5.76 Å². The smallest absolute Gasteiger partial charge is 0.371 e. The summed E-state index contributed by atoms with van der Waals surface area (Å²) in [4.78, 5) is 10.6. The molecule has 0 saturated heterocycles. The lowest BCUT2D eigenvalue weighted by molar-refractivity contribution is -0.136. The van der Waals surface area contributed by atoms with E-state index < -0.39 is 5.97 Å². The first kappa shape index (κ1) is 13.6. The third-order valence-electron chi connectivity index (χ3n) is 1.91. The summed E-state index contributed by atoms with van der Waals surface area (Å²) in [6, 6.07) is 5.12. The van der Waals surface area contributed by atoms with Crippen LogP contribution in [-0.2, 0) is 9.53 Å². The molecule has 0 aliphatic rings. The zero-order valence-corrected chi connectivity index (χ0v) is 10.5. The Morgan fingerprint density at radius 1 is 1.35 bits per heavy atom. The highest BCUT2D eigenvalue weighted by atomic mass is 35.5. The molecule has 0 aromatic heterocycles. The summed E-state index contributed by atoms with van der Waals surface area (Å²) >= 11 is 11.6. The van der Waals surface area contributed by atoms with Gasteiger partial charge in [-0.25, -0.2) is 4.79 Å². The van der Waals surface area contributed by atoms with E-state index in [1.807, 2.05) is 0 Å². The Bertz CT molecular complexity index is 479. The summed E-state index contributed by atoms with van der Waals surface area (Å²) in [5, 5.41) is 9.61. The Balaban J connectivity index is 2.84. The highest BCUT2D eigenvalue weighted by Gasteiger charge is 2.03. The number of carboxylic acids is 1. The molecule has 0 aliphatic heterocycles. The molecule has 0 unspecified atom stereocenters. The molecule has 5 heteroatoms. The molecule has 0 spiro atoms. The molecular formula is C12H10Cl2O3. The Hall–Kier alpha value is -1.45. The van der Waals surface area contributed by atoms with Crippen LogP contribution in [-0.4, -0.2) is 18.2 Å². The van der Waals surface area contributed by atoms with Crippen molar-refractivity contribution in [3.05, 3.63) is 51.7 Å². The van der Waals surface area contributed by atoms with Crippen LogP contribution in [0.4, 0.5) is 0 Å². The van der Waals surface area contributed by atoms with Gasteiger partial charge < -0.3 is 9.84 Å². The molecule has 90 valence electrons. The third kappa shape index (κ3) is 4.13. The number of benzene rings is 1. The molecule has 0 fully saturated rings. The van der Waals surface area contributed by atoms with Crippen LogP contribution in [0.2, 0.25) is 10.0 Å². The van der Waals surface area contributed by atoms with Gasteiger partial charge in [0.05, 0.1) is 17.2 Å². The molecule has 1 aromatic rings. The Labute approximate surface area is 109 Å². The van der Waals surface area contributed by atoms with E-state index >= 15 is 0 Å². The van der Waals surface area contributed by atoms with E-state index in [9.17, 15) is 4.79 Å². The number of carbonyl (C=O) groups is 1. The number of ether oxygens (including phenoxy) is 1. The van der Waals surface area contributed by atoms with Crippen molar-refractivity contribution in [3.63, 3.8) is 0 Å². The number of carboxylic acid groups (broad SMARTS) is 1. The van der Waals surface area contributed by atoms with Crippen LogP contribution in [0.1, 0.15) is 5.56 Å². The molecule has 0 amide bonds. The third-order valence-corrected chi connectivity index (χ3v) is 2.65. The maximum absolute atomic E-state index is 10.6. The van der Waals surface area contributed by atoms with Gasteiger partial charge in [-0.15, -0.1) is 0 Å². The molecular weight excluding hydrogens is 263 g/mol. The van der Waals surface area contributed by atoms with E-state index in [1.165, 1.54) is 13.2 Å². The number of allylic oxidation sites excluding steroid dienone is 2. The predicted octanol–water partition coefficient (Wildman–Crippen LogP) is 3.62. The van der Waals surface area contributed by atoms with Gasteiger partial charge in [0.1, 0.15) is 0 Å². The second-order valence-corrected chi connectivity index (χ2v) is 3.89. The van der Waals surface area contributed by atoms with Crippen molar-refractivity contribution in [1.29, 1.82) is 0 Å². The molecule has 0 heterocycles. The lowest BCUT2D eigenvalue weighted by atomic mass is 10.2. The second-order valence-electron chi connectivity index (χ2n) is 3.07. The maximum Gasteiger partial charge on any atom is 0.371 e. The van der Waals surface area contributed by atoms with Crippen LogP contribution in [0, 0.1) is 0 Å². The van der Waals surface area contributed by atoms with Crippen LogP contribution in [0.25, 0.3) is 6.08 Å². The molecule has 1 aromatic carbocycles. The zero-order chi connectivity index (χ0) is 12.8. The Morgan fingerprint density at radius 3 is 2.59 bits per heavy atom. The number of methoxy groups -OCH3 is 1. The van der Waals surface area contributed by atoms with Gasteiger partial charge in [-0.2, -0.15) is 0 Å². The van der Waals surface area contributed by atoms with E-state index in [2.05, 4.69) is 4.74 Å². The van der Waals surface area contributed by atoms with Crippen molar-refractivity contribution in [2.24, 2.45) is 0 Å². The fraction of sp³-hybridized carbons (Fsp3) is 0.0833. The topological polar surface area (TPSA) is 46.5 Å². The van der Waals surface area contributed by atoms with Crippen molar-refractivity contribution in [1.82, 2.24) is 0 Å².